The molecule has 0 unspecified atom stereocenters. The standard InChI is InChI=1S/C15H13BrO5S/c1-21-15(18)13-10(7-8-12(16)14(13)17)9-22(19,20)11-5-3-2-4-6-11/h2-8,17H,9H2,1H3. The highest BCUT2D eigenvalue weighted by atomic mass is 79.9. The molecular weight excluding hydrogens is 372 g/mol. The van der Waals surface area contributed by atoms with Crippen molar-refractivity contribution in [2.45, 2.75) is 10.6 Å². The summed E-state index contributed by atoms with van der Waals surface area (Å²) in [5, 5.41) is 10.0. The van der Waals surface area contributed by atoms with Crippen LogP contribution >= 0.6 is 15.9 Å². The second kappa shape index (κ2) is 6.50. The number of hydrogen-bond acceptors (Lipinski definition) is 5. The van der Waals surface area contributed by atoms with E-state index in [2.05, 4.69) is 20.7 Å². The molecule has 0 saturated carbocycles. The molecule has 2 aromatic rings. The van der Waals surface area contributed by atoms with Crippen molar-refractivity contribution in [3.8, 4) is 5.75 Å². The highest BCUT2D eigenvalue weighted by Crippen LogP contribution is 2.32. The molecular formula is C15H13BrO5S. The zero-order valence-electron chi connectivity index (χ0n) is 11.6. The van der Waals surface area contributed by atoms with Crippen molar-refractivity contribution in [1.29, 1.82) is 0 Å². The number of benzene rings is 2. The van der Waals surface area contributed by atoms with Gasteiger partial charge in [0.25, 0.3) is 0 Å². The number of aromatic hydroxyl groups is 1. The Kier molecular flexibility index (Phi) is 4.87. The Labute approximate surface area is 136 Å². The van der Waals surface area contributed by atoms with Gasteiger partial charge in [-0.15, -0.1) is 0 Å². The van der Waals surface area contributed by atoms with Gasteiger partial charge in [-0.2, -0.15) is 0 Å². The average Bonchev–Trinajstić information content (AvgIpc) is 2.51. The highest BCUT2D eigenvalue weighted by molar-refractivity contribution is 9.10. The van der Waals surface area contributed by atoms with Crippen molar-refractivity contribution in [2.75, 3.05) is 7.11 Å². The Morgan fingerprint density at radius 3 is 2.41 bits per heavy atom. The lowest BCUT2D eigenvalue weighted by atomic mass is 10.1. The molecule has 0 spiro atoms. The molecule has 0 atom stereocenters. The molecule has 5 nitrogen and oxygen atoms in total. The van der Waals surface area contributed by atoms with Crippen LogP contribution in [-0.4, -0.2) is 26.6 Å². The van der Waals surface area contributed by atoms with Crippen molar-refractivity contribution in [2.24, 2.45) is 0 Å². The molecule has 0 heterocycles. The smallest absolute Gasteiger partial charge is 0.341 e. The fraction of sp³-hybridized carbons (Fsp3) is 0.133. The first-order chi connectivity index (χ1) is 10.4. The summed E-state index contributed by atoms with van der Waals surface area (Å²) in [7, 11) is -2.48. The fourth-order valence-electron chi connectivity index (χ4n) is 1.97. The molecule has 0 amide bonds. The molecule has 22 heavy (non-hydrogen) atoms. The van der Waals surface area contributed by atoms with Crippen LogP contribution in [0, 0.1) is 0 Å². The van der Waals surface area contributed by atoms with E-state index in [4.69, 9.17) is 0 Å². The van der Waals surface area contributed by atoms with Crippen LogP contribution < -0.4 is 0 Å². The molecule has 0 saturated heterocycles. The van der Waals surface area contributed by atoms with Gasteiger partial charge in [-0.3, -0.25) is 0 Å². The van der Waals surface area contributed by atoms with E-state index in [0.717, 1.165) is 7.11 Å². The largest absolute Gasteiger partial charge is 0.506 e. The summed E-state index contributed by atoms with van der Waals surface area (Å²) in [4.78, 5) is 12.0. The molecule has 0 aliphatic rings. The zero-order valence-corrected chi connectivity index (χ0v) is 14.0. The number of carbonyl (C=O) groups excluding carboxylic acids is 1. The van der Waals surface area contributed by atoms with E-state index in [0.29, 0.717) is 0 Å². The number of esters is 1. The van der Waals surface area contributed by atoms with Crippen molar-refractivity contribution >= 4 is 31.7 Å². The van der Waals surface area contributed by atoms with Crippen LogP contribution in [0.1, 0.15) is 15.9 Å². The van der Waals surface area contributed by atoms with Gasteiger partial charge in [-0.25, -0.2) is 13.2 Å². The van der Waals surface area contributed by atoms with Gasteiger partial charge < -0.3 is 9.84 Å². The summed E-state index contributed by atoms with van der Waals surface area (Å²) in [6.45, 7) is 0. The summed E-state index contributed by atoms with van der Waals surface area (Å²) in [6.07, 6.45) is 0. The monoisotopic (exact) mass is 384 g/mol. The molecule has 1 N–H and O–H groups in total. The Balaban J connectivity index is 2.51. The van der Waals surface area contributed by atoms with Gasteiger partial charge in [0.05, 0.1) is 22.2 Å². The molecule has 0 aliphatic heterocycles. The fourth-order valence-corrected chi connectivity index (χ4v) is 3.69. The maximum atomic E-state index is 12.4. The van der Waals surface area contributed by atoms with E-state index in [9.17, 15) is 18.3 Å². The summed E-state index contributed by atoms with van der Waals surface area (Å²) >= 11 is 3.10. The first-order valence-corrected chi connectivity index (χ1v) is 8.68. The molecule has 0 aromatic heterocycles. The third-order valence-electron chi connectivity index (χ3n) is 3.05. The number of carbonyl (C=O) groups is 1. The summed E-state index contributed by atoms with van der Waals surface area (Å²) in [5.74, 6) is -1.55. The van der Waals surface area contributed by atoms with Crippen LogP contribution in [0.3, 0.4) is 0 Å². The maximum absolute atomic E-state index is 12.4. The second-order valence-electron chi connectivity index (χ2n) is 4.49. The summed E-state index contributed by atoms with van der Waals surface area (Å²) in [6, 6.07) is 10.9. The van der Waals surface area contributed by atoms with Crippen LogP contribution in [0.4, 0.5) is 0 Å². The van der Waals surface area contributed by atoms with Crippen molar-refractivity contribution < 1.29 is 23.1 Å². The topological polar surface area (TPSA) is 80.7 Å². The third kappa shape index (κ3) is 3.31. The lowest BCUT2D eigenvalue weighted by Gasteiger charge is -2.11. The predicted octanol–water partition coefficient (Wildman–Crippen LogP) is 2.92. The van der Waals surface area contributed by atoms with Crippen molar-refractivity contribution in [3.63, 3.8) is 0 Å². The van der Waals surface area contributed by atoms with E-state index in [1.54, 1.807) is 18.2 Å². The SMILES string of the molecule is COC(=O)c1c(CS(=O)(=O)c2ccccc2)ccc(Br)c1O. The number of hydrogen-bond donors (Lipinski definition) is 1. The number of sulfone groups is 1. The predicted molar refractivity (Wildman–Crippen MR) is 84.5 cm³/mol. The summed E-state index contributed by atoms with van der Waals surface area (Å²) in [5.41, 5.74) is 0.0211. The number of halogens is 1. The number of methoxy groups -OCH3 is 1. The molecule has 116 valence electrons. The highest BCUT2D eigenvalue weighted by Gasteiger charge is 2.24. The Hall–Kier alpha value is -1.86. The number of ether oxygens (including phenoxy) is 1. The number of phenols is 1. The van der Waals surface area contributed by atoms with E-state index >= 15 is 0 Å². The lowest BCUT2D eigenvalue weighted by Crippen LogP contribution is -2.11. The number of phenolic OH excluding ortho intramolecular Hbond substituents is 1. The Bertz CT molecular complexity index is 800. The van der Waals surface area contributed by atoms with E-state index in [1.165, 1.54) is 24.3 Å². The van der Waals surface area contributed by atoms with Crippen LogP contribution in [0.15, 0.2) is 51.8 Å². The van der Waals surface area contributed by atoms with E-state index in [-0.39, 0.29) is 26.2 Å². The van der Waals surface area contributed by atoms with Gasteiger partial charge in [0.1, 0.15) is 11.3 Å². The molecule has 0 aliphatic carbocycles. The molecule has 2 aromatic carbocycles. The molecule has 0 radical (unpaired) electrons. The first kappa shape index (κ1) is 16.5. The van der Waals surface area contributed by atoms with Gasteiger partial charge in [-0.05, 0) is 39.7 Å². The van der Waals surface area contributed by atoms with Crippen LogP contribution in [0.5, 0.6) is 5.75 Å². The molecule has 0 bridgehead atoms. The van der Waals surface area contributed by atoms with Gasteiger partial charge in [0, 0.05) is 0 Å². The molecule has 2 rings (SSSR count). The van der Waals surface area contributed by atoms with Crippen LogP contribution in [-0.2, 0) is 20.3 Å². The summed E-state index contributed by atoms with van der Waals surface area (Å²) < 4.78 is 29.7. The van der Waals surface area contributed by atoms with Crippen LogP contribution in [0.2, 0.25) is 0 Å². The minimum atomic E-state index is -3.64. The van der Waals surface area contributed by atoms with E-state index in [1.807, 2.05) is 0 Å². The Morgan fingerprint density at radius 1 is 1.18 bits per heavy atom. The van der Waals surface area contributed by atoms with Gasteiger partial charge in [0.2, 0.25) is 0 Å². The number of rotatable bonds is 4. The van der Waals surface area contributed by atoms with Crippen LogP contribution in [0.25, 0.3) is 0 Å². The molecule has 7 heteroatoms. The second-order valence-corrected chi connectivity index (χ2v) is 7.34. The van der Waals surface area contributed by atoms with Gasteiger partial charge in [0.15, 0.2) is 9.84 Å². The minimum absolute atomic E-state index is 0.147. The average molecular weight is 385 g/mol. The Morgan fingerprint density at radius 2 is 1.82 bits per heavy atom. The lowest BCUT2D eigenvalue weighted by molar-refractivity contribution is 0.0596. The van der Waals surface area contributed by atoms with Crippen molar-refractivity contribution in [1.82, 2.24) is 0 Å². The maximum Gasteiger partial charge on any atom is 0.341 e. The van der Waals surface area contributed by atoms with Gasteiger partial charge >= 0.3 is 5.97 Å². The zero-order chi connectivity index (χ0) is 16.3. The van der Waals surface area contributed by atoms with Gasteiger partial charge in [-0.1, -0.05) is 24.3 Å². The normalized spacial score (nSPS) is 11.2. The minimum Gasteiger partial charge on any atom is -0.506 e. The first-order valence-electron chi connectivity index (χ1n) is 6.23. The quantitative estimate of drug-likeness (QED) is 0.819. The molecule has 0 fully saturated rings. The van der Waals surface area contributed by atoms with Crippen molar-refractivity contribution in [3.05, 3.63) is 58.1 Å². The van der Waals surface area contributed by atoms with E-state index < -0.39 is 21.6 Å². The third-order valence-corrected chi connectivity index (χ3v) is 5.37.